The first-order valence-corrected chi connectivity index (χ1v) is 10.0. The maximum Gasteiger partial charge on any atom is 0.169 e. The number of aryl methyl sites for hydroxylation is 1. The fourth-order valence-electron chi connectivity index (χ4n) is 3.17. The summed E-state index contributed by atoms with van der Waals surface area (Å²) >= 11 is 5.69. The molecule has 0 atom stereocenters. The van der Waals surface area contributed by atoms with Crippen LogP contribution in [0, 0.1) is 6.92 Å². The van der Waals surface area contributed by atoms with Crippen LogP contribution in [0.15, 0.2) is 46.9 Å². The molecule has 0 saturated carbocycles. The highest BCUT2D eigenvalue weighted by Gasteiger charge is 2.16. The number of hydrogen-bond donors (Lipinski definition) is 1. The van der Waals surface area contributed by atoms with Gasteiger partial charge in [-0.2, -0.15) is 0 Å². The standard InChI is InChI=1S/C21H29N3O2S/c1-18-7-8-20(26-18)17-24(12-11-23-13-15-25-16-14-23)21(27)22-10-9-19-5-3-2-4-6-19/h2-8H,9-17H2,1H3,(H,22,27). The van der Waals surface area contributed by atoms with E-state index in [4.69, 9.17) is 21.4 Å². The number of nitrogens with zero attached hydrogens (tertiary/aromatic N) is 2. The van der Waals surface area contributed by atoms with E-state index in [1.807, 2.05) is 25.1 Å². The highest BCUT2D eigenvalue weighted by Crippen LogP contribution is 2.10. The average molecular weight is 388 g/mol. The lowest BCUT2D eigenvalue weighted by Crippen LogP contribution is -2.46. The Labute approximate surface area is 167 Å². The zero-order valence-electron chi connectivity index (χ0n) is 16.0. The van der Waals surface area contributed by atoms with E-state index < -0.39 is 0 Å². The van der Waals surface area contributed by atoms with Crippen LogP contribution < -0.4 is 5.32 Å². The van der Waals surface area contributed by atoms with Gasteiger partial charge < -0.3 is 19.4 Å². The van der Waals surface area contributed by atoms with E-state index in [1.54, 1.807) is 0 Å². The number of rotatable bonds is 8. The molecule has 1 N–H and O–H groups in total. The molecule has 1 saturated heterocycles. The minimum Gasteiger partial charge on any atom is -0.464 e. The van der Waals surface area contributed by atoms with Crippen molar-refractivity contribution in [2.24, 2.45) is 0 Å². The first-order valence-electron chi connectivity index (χ1n) is 9.63. The van der Waals surface area contributed by atoms with Gasteiger partial charge in [0.25, 0.3) is 0 Å². The van der Waals surface area contributed by atoms with Crippen molar-refractivity contribution in [3.8, 4) is 0 Å². The molecule has 1 aromatic heterocycles. The first kappa shape index (κ1) is 19.9. The molecule has 27 heavy (non-hydrogen) atoms. The van der Waals surface area contributed by atoms with Gasteiger partial charge in [-0.05, 0) is 43.3 Å². The van der Waals surface area contributed by atoms with E-state index in [0.29, 0.717) is 6.54 Å². The van der Waals surface area contributed by atoms with Crippen LogP contribution in [-0.4, -0.2) is 60.8 Å². The minimum absolute atomic E-state index is 0.690. The summed E-state index contributed by atoms with van der Waals surface area (Å²) < 4.78 is 11.2. The summed E-state index contributed by atoms with van der Waals surface area (Å²) in [5.41, 5.74) is 1.31. The molecule has 0 radical (unpaired) electrons. The highest BCUT2D eigenvalue weighted by atomic mass is 32.1. The second-order valence-corrected chi connectivity index (χ2v) is 7.24. The van der Waals surface area contributed by atoms with E-state index in [1.165, 1.54) is 5.56 Å². The number of hydrogen-bond acceptors (Lipinski definition) is 4. The minimum atomic E-state index is 0.690. The van der Waals surface area contributed by atoms with Crippen molar-refractivity contribution >= 4 is 17.3 Å². The molecular formula is C21H29N3O2S. The molecule has 0 unspecified atom stereocenters. The Balaban J connectivity index is 1.52. The summed E-state index contributed by atoms with van der Waals surface area (Å²) in [6, 6.07) is 14.5. The van der Waals surface area contributed by atoms with Crippen LogP contribution >= 0.6 is 12.2 Å². The van der Waals surface area contributed by atoms with Crippen molar-refractivity contribution in [1.82, 2.24) is 15.1 Å². The van der Waals surface area contributed by atoms with E-state index in [9.17, 15) is 0 Å². The highest BCUT2D eigenvalue weighted by molar-refractivity contribution is 7.80. The Kier molecular flexibility index (Phi) is 7.68. The van der Waals surface area contributed by atoms with Crippen molar-refractivity contribution in [2.75, 3.05) is 45.9 Å². The molecular weight excluding hydrogens is 358 g/mol. The summed E-state index contributed by atoms with van der Waals surface area (Å²) in [5, 5.41) is 4.20. The smallest absolute Gasteiger partial charge is 0.169 e. The Morgan fingerprint density at radius 1 is 1.15 bits per heavy atom. The lowest BCUT2D eigenvalue weighted by Gasteiger charge is -2.31. The molecule has 1 aliphatic rings. The number of morpholine rings is 1. The number of benzene rings is 1. The van der Waals surface area contributed by atoms with E-state index in [-0.39, 0.29) is 0 Å². The second-order valence-electron chi connectivity index (χ2n) is 6.86. The van der Waals surface area contributed by atoms with E-state index in [0.717, 1.165) is 69.0 Å². The van der Waals surface area contributed by atoms with Gasteiger partial charge in [0, 0.05) is 32.7 Å². The van der Waals surface area contributed by atoms with E-state index >= 15 is 0 Å². The molecule has 6 heteroatoms. The first-order chi connectivity index (χ1) is 13.2. The molecule has 146 valence electrons. The number of ether oxygens (including phenoxy) is 1. The molecule has 0 amide bonds. The topological polar surface area (TPSA) is 40.9 Å². The predicted molar refractivity (Wildman–Crippen MR) is 112 cm³/mol. The summed E-state index contributed by atoms with van der Waals surface area (Å²) in [4.78, 5) is 4.63. The molecule has 1 aromatic carbocycles. The Morgan fingerprint density at radius 2 is 1.93 bits per heavy atom. The molecule has 0 bridgehead atoms. The van der Waals surface area contributed by atoms with Crippen LogP contribution in [0.2, 0.25) is 0 Å². The van der Waals surface area contributed by atoms with Gasteiger partial charge in [-0.1, -0.05) is 30.3 Å². The summed E-state index contributed by atoms with van der Waals surface area (Å²) in [5.74, 6) is 1.88. The SMILES string of the molecule is Cc1ccc(CN(CCN2CCOCC2)C(=S)NCCc2ccccc2)o1. The molecule has 1 fully saturated rings. The number of nitrogens with one attached hydrogen (secondary N) is 1. The Bertz CT molecular complexity index is 698. The zero-order chi connectivity index (χ0) is 18.9. The quantitative estimate of drug-likeness (QED) is 0.703. The van der Waals surface area contributed by atoms with Gasteiger partial charge >= 0.3 is 0 Å². The number of furan rings is 1. The van der Waals surface area contributed by atoms with Crippen LogP contribution in [0.3, 0.4) is 0 Å². The fourth-order valence-corrected chi connectivity index (χ4v) is 3.43. The summed E-state index contributed by atoms with van der Waals surface area (Å²) in [6.07, 6.45) is 0.956. The molecule has 5 nitrogen and oxygen atoms in total. The third kappa shape index (κ3) is 6.65. The maximum absolute atomic E-state index is 5.77. The van der Waals surface area contributed by atoms with Crippen molar-refractivity contribution in [1.29, 1.82) is 0 Å². The predicted octanol–water partition coefficient (Wildman–Crippen LogP) is 2.84. The summed E-state index contributed by atoms with van der Waals surface area (Å²) in [6.45, 7) is 8.94. The molecule has 0 spiro atoms. The second kappa shape index (κ2) is 10.4. The monoisotopic (exact) mass is 387 g/mol. The van der Waals surface area contributed by atoms with Gasteiger partial charge in [0.05, 0.1) is 19.8 Å². The average Bonchev–Trinajstić information content (AvgIpc) is 3.11. The van der Waals surface area contributed by atoms with Gasteiger partial charge in [0.15, 0.2) is 5.11 Å². The Morgan fingerprint density at radius 3 is 2.63 bits per heavy atom. The van der Waals surface area contributed by atoms with Gasteiger partial charge in [-0.3, -0.25) is 4.90 Å². The van der Waals surface area contributed by atoms with Gasteiger partial charge in [0.2, 0.25) is 0 Å². The van der Waals surface area contributed by atoms with Crippen LogP contribution in [0.25, 0.3) is 0 Å². The van der Waals surface area contributed by atoms with Gasteiger partial charge in [-0.15, -0.1) is 0 Å². The zero-order valence-corrected chi connectivity index (χ0v) is 16.8. The lowest BCUT2D eigenvalue weighted by molar-refractivity contribution is 0.0355. The van der Waals surface area contributed by atoms with Crippen LogP contribution in [-0.2, 0) is 17.7 Å². The largest absolute Gasteiger partial charge is 0.464 e. The molecule has 2 aromatic rings. The van der Waals surface area contributed by atoms with Gasteiger partial charge in [-0.25, -0.2) is 0 Å². The van der Waals surface area contributed by atoms with Crippen molar-refractivity contribution in [3.63, 3.8) is 0 Å². The van der Waals surface area contributed by atoms with Crippen molar-refractivity contribution in [3.05, 3.63) is 59.5 Å². The van der Waals surface area contributed by atoms with Crippen molar-refractivity contribution in [2.45, 2.75) is 19.9 Å². The number of thiocarbonyl (C=S) groups is 1. The molecule has 2 heterocycles. The fraction of sp³-hybridized carbons (Fsp3) is 0.476. The third-order valence-electron chi connectivity index (χ3n) is 4.75. The summed E-state index contributed by atoms with van der Waals surface area (Å²) in [7, 11) is 0. The molecule has 1 aliphatic heterocycles. The van der Waals surface area contributed by atoms with Crippen LogP contribution in [0.4, 0.5) is 0 Å². The third-order valence-corrected chi connectivity index (χ3v) is 5.16. The normalized spacial score (nSPS) is 14.9. The van der Waals surface area contributed by atoms with Gasteiger partial charge in [0.1, 0.15) is 11.5 Å². The Hall–Kier alpha value is -1.89. The lowest BCUT2D eigenvalue weighted by atomic mass is 10.1. The maximum atomic E-state index is 5.77. The van der Waals surface area contributed by atoms with Crippen LogP contribution in [0.1, 0.15) is 17.1 Å². The molecule has 0 aliphatic carbocycles. The van der Waals surface area contributed by atoms with Crippen LogP contribution in [0.5, 0.6) is 0 Å². The van der Waals surface area contributed by atoms with Crippen molar-refractivity contribution < 1.29 is 9.15 Å². The van der Waals surface area contributed by atoms with E-state index in [2.05, 4.69) is 39.4 Å². The molecule has 3 rings (SSSR count).